The Kier molecular flexibility index (Phi) is 8.30. The minimum Gasteiger partial charge on any atom is -0.497 e. The highest BCUT2D eigenvalue weighted by molar-refractivity contribution is 5.93. The number of methoxy groups -OCH3 is 4. The monoisotopic (exact) mass is 418 g/mol. The molecule has 3 N–H and O–H groups in total. The van der Waals surface area contributed by atoms with Gasteiger partial charge in [-0.25, -0.2) is 0 Å². The molecule has 0 heterocycles. The summed E-state index contributed by atoms with van der Waals surface area (Å²) in [6, 6.07) is 10.3. The number of likely N-dealkylation sites (N-methyl/N-ethyl adjacent to an activating group) is 1. The van der Waals surface area contributed by atoms with E-state index in [0.717, 1.165) is 4.90 Å². The summed E-state index contributed by atoms with van der Waals surface area (Å²) >= 11 is 0. The second-order valence-electron chi connectivity index (χ2n) is 6.55. The van der Waals surface area contributed by atoms with Crippen LogP contribution in [0.5, 0.6) is 23.0 Å². The molecular formula is C21H28N3O6+. The van der Waals surface area contributed by atoms with Gasteiger partial charge in [0.25, 0.3) is 11.8 Å². The van der Waals surface area contributed by atoms with Crippen molar-refractivity contribution in [2.45, 2.75) is 0 Å². The molecule has 9 nitrogen and oxygen atoms in total. The van der Waals surface area contributed by atoms with E-state index in [-0.39, 0.29) is 24.9 Å². The highest BCUT2D eigenvalue weighted by atomic mass is 16.5. The van der Waals surface area contributed by atoms with Gasteiger partial charge in [0.1, 0.15) is 5.75 Å². The second-order valence-corrected chi connectivity index (χ2v) is 6.55. The average molecular weight is 418 g/mol. The number of benzene rings is 2. The fourth-order valence-corrected chi connectivity index (χ4v) is 2.85. The molecule has 162 valence electrons. The summed E-state index contributed by atoms with van der Waals surface area (Å²) in [7, 11) is 7.86. The van der Waals surface area contributed by atoms with Gasteiger partial charge in [0.15, 0.2) is 24.6 Å². The zero-order chi connectivity index (χ0) is 22.1. The summed E-state index contributed by atoms with van der Waals surface area (Å²) in [5.74, 6) is 1.57. The SMILES string of the molecule is COc1ccc(NC(=O)C[NH+](C)CC(=O)Nc2cc(OC)c(OC)c(OC)c2)cc1. The number of hydrogen-bond acceptors (Lipinski definition) is 6. The molecule has 30 heavy (non-hydrogen) atoms. The van der Waals surface area contributed by atoms with Crippen LogP contribution in [0.25, 0.3) is 0 Å². The molecule has 0 bridgehead atoms. The summed E-state index contributed by atoms with van der Waals surface area (Å²) in [5.41, 5.74) is 1.17. The average Bonchev–Trinajstić information content (AvgIpc) is 2.73. The topological polar surface area (TPSA) is 99.6 Å². The smallest absolute Gasteiger partial charge is 0.279 e. The number of rotatable bonds is 10. The van der Waals surface area contributed by atoms with E-state index in [2.05, 4.69) is 10.6 Å². The fourth-order valence-electron chi connectivity index (χ4n) is 2.85. The van der Waals surface area contributed by atoms with E-state index >= 15 is 0 Å². The number of ether oxygens (including phenoxy) is 4. The third kappa shape index (κ3) is 6.28. The molecule has 0 fully saturated rings. The zero-order valence-electron chi connectivity index (χ0n) is 17.8. The van der Waals surface area contributed by atoms with Crippen LogP contribution < -0.4 is 34.5 Å². The van der Waals surface area contributed by atoms with E-state index in [1.165, 1.54) is 21.3 Å². The van der Waals surface area contributed by atoms with Gasteiger partial charge in [0, 0.05) is 23.5 Å². The van der Waals surface area contributed by atoms with Crippen molar-refractivity contribution in [1.29, 1.82) is 0 Å². The normalized spacial score (nSPS) is 11.2. The van der Waals surface area contributed by atoms with E-state index in [4.69, 9.17) is 18.9 Å². The van der Waals surface area contributed by atoms with Gasteiger partial charge in [0.2, 0.25) is 5.75 Å². The molecule has 0 saturated heterocycles. The van der Waals surface area contributed by atoms with Crippen LogP contribution in [0.2, 0.25) is 0 Å². The zero-order valence-corrected chi connectivity index (χ0v) is 17.8. The first-order valence-electron chi connectivity index (χ1n) is 9.25. The molecule has 2 aromatic rings. The maximum Gasteiger partial charge on any atom is 0.279 e. The van der Waals surface area contributed by atoms with Gasteiger partial charge >= 0.3 is 0 Å². The highest BCUT2D eigenvalue weighted by Gasteiger charge is 2.17. The van der Waals surface area contributed by atoms with Crippen LogP contribution in [0.3, 0.4) is 0 Å². The van der Waals surface area contributed by atoms with Crippen molar-refractivity contribution < 1.29 is 33.4 Å². The Labute approximate surface area is 175 Å². The molecule has 0 radical (unpaired) electrons. The first kappa shape index (κ1) is 22.8. The maximum absolute atomic E-state index is 12.4. The van der Waals surface area contributed by atoms with Crippen LogP contribution in [0, 0.1) is 0 Å². The minimum atomic E-state index is -0.251. The second kappa shape index (κ2) is 10.9. The van der Waals surface area contributed by atoms with Crippen LogP contribution in [-0.2, 0) is 9.59 Å². The van der Waals surface area contributed by atoms with Gasteiger partial charge < -0.3 is 34.5 Å². The molecule has 9 heteroatoms. The van der Waals surface area contributed by atoms with Crippen LogP contribution in [-0.4, -0.2) is 60.4 Å². The van der Waals surface area contributed by atoms with Crippen LogP contribution in [0.4, 0.5) is 11.4 Å². The Morgan fingerprint density at radius 1 is 0.767 bits per heavy atom. The van der Waals surface area contributed by atoms with Gasteiger partial charge in [-0.2, -0.15) is 0 Å². The molecule has 2 aromatic carbocycles. The molecule has 1 unspecified atom stereocenters. The quantitative estimate of drug-likeness (QED) is 0.528. The fraction of sp³-hybridized carbons (Fsp3) is 0.333. The van der Waals surface area contributed by atoms with E-state index in [0.29, 0.717) is 34.4 Å². The van der Waals surface area contributed by atoms with Crippen LogP contribution >= 0.6 is 0 Å². The lowest BCUT2D eigenvalue weighted by Gasteiger charge is -2.16. The first-order valence-corrected chi connectivity index (χ1v) is 9.25. The molecule has 0 aromatic heterocycles. The largest absolute Gasteiger partial charge is 0.497 e. The Balaban J connectivity index is 1.91. The molecule has 0 aliphatic carbocycles. The predicted octanol–water partition coefficient (Wildman–Crippen LogP) is 0.813. The molecule has 0 aliphatic rings. The van der Waals surface area contributed by atoms with E-state index in [1.54, 1.807) is 50.6 Å². The summed E-state index contributed by atoms with van der Waals surface area (Å²) in [6.07, 6.45) is 0. The van der Waals surface area contributed by atoms with Crippen molar-refractivity contribution in [3.63, 3.8) is 0 Å². The number of carbonyl (C=O) groups is 2. The predicted molar refractivity (Wildman–Crippen MR) is 113 cm³/mol. The minimum absolute atomic E-state index is 0.104. The first-order chi connectivity index (χ1) is 14.4. The van der Waals surface area contributed by atoms with Gasteiger partial charge in [-0.05, 0) is 24.3 Å². The molecular weight excluding hydrogens is 390 g/mol. The number of nitrogens with one attached hydrogen (secondary N) is 3. The van der Waals surface area contributed by atoms with Gasteiger partial charge in [-0.1, -0.05) is 0 Å². The standard InChI is InChI=1S/C21H27N3O6/c1-24(12-19(25)22-14-6-8-16(27-2)9-7-14)13-20(26)23-15-10-17(28-3)21(30-5)18(11-15)29-4/h6-11H,12-13H2,1-5H3,(H,22,25)(H,23,26)/p+1. The van der Waals surface area contributed by atoms with Crippen molar-refractivity contribution in [2.75, 3.05) is 59.2 Å². The number of hydrogen-bond donors (Lipinski definition) is 3. The Bertz CT molecular complexity index is 845. The Hall–Kier alpha value is -3.46. The van der Waals surface area contributed by atoms with Crippen molar-refractivity contribution in [3.8, 4) is 23.0 Å². The Morgan fingerprint density at radius 2 is 1.27 bits per heavy atom. The van der Waals surface area contributed by atoms with E-state index in [9.17, 15) is 9.59 Å². The third-order valence-electron chi connectivity index (χ3n) is 4.25. The van der Waals surface area contributed by atoms with Crippen LogP contribution in [0.15, 0.2) is 36.4 Å². The molecule has 0 saturated carbocycles. The Morgan fingerprint density at radius 3 is 1.70 bits per heavy atom. The summed E-state index contributed by atoms with van der Waals surface area (Å²) in [5, 5.41) is 5.58. The van der Waals surface area contributed by atoms with Gasteiger partial charge in [0.05, 0.1) is 35.5 Å². The van der Waals surface area contributed by atoms with Crippen molar-refractivity contribution in [2.24, 2.45) is 0 Å². The number of quaternary nitrogens is 1. The lowest BCUT2D eigenvalue weighted by Crippen LogP contribution is -3.11. The van der Waals surface area contributed by atoms with Gasteiger partial charge in [-0.3, -0.25) is 9.59 Å². The molecule has 0 spiro atoms. The van der Waals surface area contributed by atoms with E-state index in [1.807, 2.05) is 0 Å². The maximum atomic E-state index is 12.4. The molecule has 2 rings (SSSR count). The van der Waals surface area contributed by atoms with Crippen molar-refractivity contribution in [3.05, 3.63) is 36.4 Å². The van der Waals surface area contributed by atoms with Crippen molar-refractivity contribution >= 4 is 23.2 Å². The van der Waals surface area contributed by atoms with Crippen molar-refractivity contribution in [1.82, 2.24) is 0 Å². The summed E-state index contributed by atoms with van der Waals surface area (Å²) < 4.78 is 20.9. The van der Waals surface area contributed by atoms with Crippen LogP contribution in [0.1, 0.15) is 0 Å². The molecule has 1 atom stereocenters. The number of amides is 2. The number of anilines is 2. The van der Waals surface area contributed by atoms with E-state index < -0.39 is 0 Å². The van der Waals surface area contributed by atoms with Gasteiger partial charge in [-0.15, -0.1) is 0 Å². The summed E-state index contributed by atoms with van der Waals surface area (Å²) in [6.45, 7) is 0.237. The number of carbonyl (C=O) groups excluding carboxylic acids is 2. The highest BCUT2D eigenvalue weighted by Crippen LogP contribution is 2.39. The summed E-state index contributed by atoms with van der Waals surface area (Å²) in [4.78, 5) is 25.3. The molecule has 0 aliphatic heterocycles. The lowest BCUT2D eigenvalue weighted by molar-refractivity contribution is -0.862. The molecule has 2 amide bonds. The lowest BCUT2D eigenvalue weighted by atomic mass is 10.2. The third-order valence-corrected chi connectivity index (χ3v) is 4.25.